The number of hydrogen-bond donors (Lipinski definition) is 0. The fourth-order valence-corrected chi connectivity index (χ4v) is 4.51. The molecule has 4 heteroatoms. The van der Waals surface area contributed by atoms with E-state index < -0.39 is 6.26 Å². The summed E-state index contributed by atoms with van der Waals surface area (Å²) < 4.78 is 5.53. The average molecular weight is 211 g/mol. The fraction of sp³-hybridized carbons (Fsp3) is 0.714. The van der Waals surface area contributed by atoms with Gasteiger partial charge in [0.15, 0.2) is 0 Å². The van der Waals surface area contributed by atoms with Gasteiger partial charge in [-0.2, -0.15) is 0 Å². The molecule has 64 valence electrons. The zero-order chi connectivity index (χ0) is 8.32. The number of hydrogen-bond acceptors (Lipinski definition) is 2. The lowest BCUT2D eigenvalue weighted by Crippen LogP contribution is -1.92. The second kappa shape index (κ2) is 4.04. The summed E-state index contributed by atoms with van der Waals surface area (Å²) in [5.41, 5.74) is 1.38. The monoisotopic (exact) mass is 210 g/mol. The highest BCUT2D eigenvalue weighted by Crippen LogP contribution is 2.55. The summed E-state index contributed by atoms with van der Waals surface area (Å²) in [6, 6.07) is 0. The van der Waals surface area contributed by atoms with Crippen LogP contribution in [-0.4, -0.2) is 18.6 Å². The Morgan fingerprint density at radius 1 is 1.82 bits per heavy atom. The van der Waals surface area contributed by atoms with Gasteiger partial charge in [0.05, 0.1) is 12.9 Å². The fourth-order valence-electron chi connectivity index (χ4n) is 1.09. The van der Waals surface area contributed by atoms with Gasteiger partial charge in [0.25, 0.3) is 0 Å². The van der Waals surface area contributed by atoms with E-state index in [1.165, 1.54) is 5.57 Å². The molecule has 0 bridgehead atoms. The van der Waals surface area contributed by atoms with E-state index in [1.54, 1.807) is 0 Å². The largest absolute Gasteiger partial charge is 0.346 e. The molecule has 0 spiro atoms. The number of rotatable bonds is 3. The van der Waals surface area contributed by atoms with Crippen molar-refractivity contribution in [2.24, 2.45) is 0 Å². The first kappa shape index (κ1) is 9.73. The molecule has 1 unspecified atom stereocenters. The Hall–Kier alpha value is 0.640. The Morgan fingerprint density at radius 3 is 3.00 bits per heavy atom. The van der Waals surface area contributed by atoms with Crippen LogP contribution in [0.1, 0.15) is 13.3 Å². The lowest BCUT2D eigenvalue weighted by molar-refractivity contribution is 0.384. The summed E-state index contributed by atoms with van der Waals surface area (Å²) in [6.45, 7) is 2.71. The van der Waals surface area contributed by atoms with Crippen molar-refractivity contribution in [3.8, 4) is 0 Å². The first-order valence-corrected chi connectivity index (χ1v) is 7.15. The number of allylic oxidation sites excluding steroid dienone is 1. The van der Waals surface area contributed by atoms with E-state index in [1.807, 2.05) is 0 Å². The van der Waals surface area contributed by atoms with Crippen LogP contribution in [0.4, 0.5) is 0 Å². The number of halogens is 1. The minimum absolute atomic E-state index is 0.547. The molecule has 1 atom stereocenters. The normalized spacial score (nSPS) is 30.5. The lowest BCUT2D eigenvalue weighted by atomic mass is 10.3. The van der Waals surface area contributed by atoms with Crippen molar-refractivity contribution < 1.29 is 4.52 Å². The van der Waals surface area contributed by atoms with E-state index in [-0.39, 0.29) is 0 Å². The summed E-state index contributed by atoms with van der Waals surface area (Å²) in [4.78, 5) is 0. The third-order valence-corrected chi connectivity index (χ3v) is 5.26. The van der Waals surface area contributed by atoms with Crippen molar-refractivity contribution in [3.63, 3.8) is 0 Å². The Morgan fingerprint density at radius 2 is 2.55 bits per heavy atom. The Labute approximate surface area is 77.9 Å². The molecule has 0 N–H and O–H groups in total. The SMILES string of the molecule is CC1=CP(=S)(OCCCl)CC1. The summed E-state index contributed by atoms with van der Waals surface area (Å²) in [7, 11) is 0. The van der Waals surface area contributed by atoms with Crippen LogP contribution in [0.15, 0.2) is 11.4 Å². The van der Waals surface area contributed by atoms with Gasteiger partial charge in [0.1, 0.15) is 0 Å². The maximum atomic E-state index is 5.53. The third kappa shape index (κ3) is 2.87. The molecule has 11 heavy (non-hydrogen) atoms. The molecule has 0 amide bonds. The molecule has 1 nitrogen and oxygen atoms in total. The van der Waals surface area contributed by atoms with Gasteiger partial charge in [-0.15, -0.1) is 11.6 Å². The minimum Gasteiger partial charge on any atom is -0.346 e. The highest BCUT2D eigenvalue weighted by atomic mass is 35.5. The molecular formula is C7H12ClOPS. The van der Waals surface area contributed by atoms with Crippen molar-refractivity contribution in [1.82, 2.24) is 0 Å². The summed E-state index contributed by atoms with van der Waals surface area (Å²) in [6.07, 6.45) is 0.588. The molecule has 1 aliphatic heterocycles. The van der Waals surface area contributed by atoms with Crippen LogP contribution in [0.3, 0.4) is 0 Å². The highest BCUT2D eigenvalue weighted by molar-refractivity contribution is 8.13. The van der Waals surface area contributed by atoms with Gasteiger partial charge in [-0.25, -0.2) is 0 Å². The van der Waals surface area contributed by atoms with Gasteiger partial charge in [-0.1, -0.05) is 17.4 Å². The lowest BCUT2D eigenvalue weighted by Gasteiger charge is -2.12. The Balaban J connectivity index is 2.49. The van der Waals surface area contributed by atoms with Gasteiger partial charge in [0, 0.05) is 12.0 Å². The first-order valence-electron chi connectivity index (χ1n) is 3.64. The molecule has 0 aromatic carbocycles. The topological polar surface area (TPSA) is 9.23 Å². The molecule has 0 saturated heterocycles. The van der Waals surface area contributed by atoms with Crippen LogP contribution in [0.5, 0.6) is 0 Å². The standard InChI is InChI=1S/C7H12ClOPS/c1-7-2-5-10(11,6-7)9-4-3-8/h6H,2-5H2,1H3. The van der Waals surface area contributed by atoms with E-state index in [0.29, 0.717) is 12.5 Å². The predicted octanol–water partition coefficient (Wildman–Crippen LogP) is 2.94. The minimum atomic E-state index is -1.56. The van der Waals surface area contributed by atoms with Crippen molar-refractivity contribution in [2.75, 3.05) is 18.6 Å². The smallest absolute Gasteiger partial charge is 0.0882 e. The van der Waals surface area contributed by atoms with Crippen molar-refractivity contribution in [3.05, 3.63) is 11.4 Å². The molecule has 0 aromatic rings. The molecule has 0 saturated carbocycles. The van der Waals surface area contributed by atoms with Gasteiger partial charge in [0.2, 0.25) is 0 Å². The van der Waals surface area contributed by atoms with Gasteiger partial charge in [-0.05, 0) is 19.2 Å². The third-order valence-electron chi connectivity index (χ3n) is 1.62. The summed E-state index contributed by atoms with van der Waals surface area (Å²) >= 11 is 10.9. The quantitative estimate of drug-likeness (QED) is 0.523. The van der Waals surface area contributed by atoms with E-state index >= 15 is 0 Å². The second-order valence-corrected chi connectivity index (χ2v) is 7.35. The van der Waals surface area contributed by atoms with Crippen LogP contribution in [0, 0.1) is 0 Å². The molecular weight excluding hydrogens is 199 g/mol. The maximum absolute atomic E-state index is 5.53. The van der Waals surface area contributed by atoms with E-state index in [2.05, 4.69) is 12.7 Å². The summed E-state index contributed by atoms with van der Waals surface area (Å²) in [5, 5.41) is 0. The first-order chi connectivity index (χ1) is 5.16. The van der Waals surface area contributed by atoms with Crippen LogP contribution in [0.25, 0.3) is 0 Å². The van der Waals surface area contributed by atoms with E-state index in [4.69, 9.17) is 27.9 Å². The molecule has 0 aliphatic carbocycles. The van der Waals surface area contributed by atoms with Gasteiger partial charge >= 0.3 is 0 Å². The molecule has 1 aliphatic rings. The van der Waals surface area contributed by atoms with Crippen molar-refractivity contribution in [2.45, 2.75) is 13.3 Å². The molecule has 1 rings (SSSR count). The highest BCUT2D eigenvalue weighted by Gasteiger charge is 2.20. The van der Waals surface area contributed by atoms with Crippen LogP contribution < -0.4 is 0 Å². The zero-order valence-corrected chi connectivity index (χ0v) is 9.01. The predicted molar refractivity (Wildman–Crippen MR) is 54.2 cm³/mol. The zero-order valence-electron chi connectivity index (χ0n) is 6.55. The second-order valence-electron chi connectivity index (χ2n) is 2.70. The van der Waals surface area contributed by atoms with Crippen LogP contribution >= 0.6 is 17.9 Å². The van der Waals surface area contributed by atoms with Crippen molar-refractivity contribution >= 4 is 29.7 Å². The van der Waals surface area contributed by atoms with Gasteiger partial charge < -0.3 is 4.52 Å². The van der Waals surface area contributed by atoms with Crippen LogP contribution in [-0.2, 0) is 16.3 Å². The maximum Gasteiger partial charge on any atom is 0.0882 e. The van der Waals surface area contributed by atoms with Crippen LogP contribution in [0.2, 0.25) is 0 Å². The van der Waals surface area contributed by atoms with E-state index in [9.17, 15) is 0 Å². The Bertz CT molecular complexity index is 214. The summed E-state index contributed by atoms with van der Waals surface area (Å²) in [5.74, 6) is 2.68. The molecule has 0 fully saturated rings. The van der Waals surface area contributed by atoms with Gasteiger partial charge in [-0.3, -0.25) is 0 Å². The molecule has 0 radical (unpaired) electrons. The van der Waals surface area contributed by atoms with E-state index in [0.717, 1.165) is 12.6 Å². The Kier molecular flexibility index (Phi) is 3.57. The molecule has 1 heterocycles. The van der Waals surface area contributed by atoms with Crippen molar-refractivity contribution in [1.29, 1.82) is 0 Å². The molecule has 0 aromatic heterocycles. The average Bonchev–Trinajstić information content (AvgIpc) is 2.28. The number of alkyl halides is 1.